The highest BCUT2D eigenvalue weighted by atomic mass is 16.2. The summed E-state index contributed by atoms with van der Waals surface area (Å²) in [7, 11) is 0. The average Bonchev–Trinajstić information content (AvgIpc) is 3.08. The molecule has 3 N–H and O–H groups in total. The summed E-state index contributed by atoms with van der Waals surface area (Å²) in [5.74, 6) is 0.457. The number of aromatic nitrogens is 3. The van der Waals surface area contributed by atoms with Gasteiger partial charge in [-0.25, -0.2) is 14.8 Å². The maximum absolute atomic E-state index is 12.3. The summed E-state index contributed by atoms with van der Waals surface area (Å²) in [5, 5.41) is 6.37. The van der Waals surface area contributed by atoms with E-state index in [1.54, 1.807) is 0 Å². The number of aromatic amines is 1. The first-order valence-corrected chi connectivity index (χ1v) is 7.82. The van der Waals surface area contributed by atoms with Gasteiger partial charge in [0.05, 0.1) is 5.39 Å². The number of fused-ring (bicyclic) bond motifs is 1. The molecule has 4 rings (SSSR count). The maximum Gasteiger partial charge on any atom is 0.324 e. The number of nitrogens with zero attached hydrogens (tertiary/aromatic N) is 2. The minimum Gasteiger partial charge on any atom is -0.345 e. The SMILES string of the molecule is O=C(Nc1ccccc1)Nc1ncnc2[nH]cc(-c3ccccc3)c12. The van der Waals surface area contributed by atoms with Gasteiger partial charge in [-0.15, -0.1) is 0 Å². The minimum absolute atomic E-state index is 0.355. The van der Waals surface area contributed by atoms with Crippen LogP contribution in [0.25, 0.3) is 22.2 Å². The summed E-state index contributed by atoms with van der Waals surface area (Å²) in [5.41, 5.74) is 3.34. The van der Waals surface area contributed by atoms with Crippen LogP contribution in [0.4, 0.5) is 16.3 Å². The van der Waals surface area contributed by atoms with Crippen molar-refractivity contribution in [2.45, 2.75) is 0 Å². The number of rotatable bonds is 3. The highest BCUT2D eigenvalue weighted by molar-refractivity contribution is 6.08. The number of carbonyl (C=O) groups excluding carboxylic acids is 1. The molecule has 2 heterocycles. The number of amides is 2. The van der Waals surface area contributed by atoms with Gasteiger partial charge in [-0.2, -0.15) is 0 Å². The van der Waals surface area contributed by atoms with Crippen LogP contribution in [0.1, 0.15) is 0 Å². The average molecular weight is 329 g/mol. The highest BCUT2D eigenvalue weighted by Gasteiger charge is 2.14. The van der Waals surface area contributed by atoms with Crippen molar-refractivity contribution in [2.75, 3.05) is 10.6 Å². The van der Waals surface area contributed by atoms with Crippen LogP contribution in [0.3, 0.4) is 0 Å². The molecule has 122 valence electrons. The molecule has 2 amide bonds. The Bertz CT molecular complexity index is 1010. The summed E-state index contributed by atoms with van der Waals surface area (Å²) >= 11 is 0. The van der Waals surface area contributed by atoms with Gasteiger partial charge in [0.1, 0.15) is 17.8 Å². The van der Waals surface area contributed by atoms with Crippen LogP contribution >= 0.6 is 0 Å². The second kappa shape index (κ2) is 6.45. The third kappa shape index (κ3) is 3.05. The first kappa shape index (κ1) is 14.9. The van der Waals surface area contributed by atoms with E-state index in [4.69, 9.17) is 0 Å². The van der Waals surface area contributed by atoms with Crippen molar-refractivity contribution >= 4 is 28.6 Å². The fourth-order valence-electron chi connectivity index (χ4n) is 2.69. The first-order chi connectivity index (χ1) is 12.3. The second-order valence-corrected chi connectivity index (χ2v) is 5.46. The summed E-state index contributed by atoms with van der Waals surface area (Å²) in [6, 6.07) is 18.8. The molecule has 4 aromatic rings. The number of benzene rings is 2. The van der Waals surface area contributed by atoms with Gasteiger partial charge >= 0.3 is 6.03 Å². The monoisotopic (exact) mass is 329 g/mol. The number of hydrogen-bond acceptors (Lipinski definition) is 3. The fourth-order valence-corrected chi connectivity index (χ4v) is 2.69. The number of carbonyl (C=O) groups is 1. The van der Waals surface area contributed by atoms with E-state index >= 15 is 0 Å². The zero-order chi connectivity index (χ0) is 17.1. The van der Waals surface area contributed by atoms with Crippen LogP contribution in [0.2, 0.25) is 0 Å². The smallest absolute Gasteiger partial charge is 0.324 e. The molecule has 0 aliphatic carbocycles. The molecule has 2 aromatic heterocycles. The summed E-state index contributed by atoms with van der Waals surface area (Å²) in [6.07, 6.45) is 3.29. The van der Waals surface area contributed by atoms with Crippen molar-refractivity contribution in [3.05, 3.63) is 73.2 Å². The van der Waals surface area contributed by atoms with Gasteiger partial charge < -0.3 is 10.3 Å². The van der Waals surface area contributed by atoms with Gasteiger partial charge in [-0.1, -0.05) is 48.5 Å². The molecule has 0 radical (unpaired) electrons. The lowest BCUT2D eigenvalue weighted by Crippen LogP contribution is -2.20. The topological polar surface area (TPSA) is 82.7 Å². The van der Waals surface area contributed by atoms with E-state index in [-0.39, 0.29) is 6.03 Å². The Hall–Kier alpha value is -3.67. The molecule has 0 saturated carbocycles. The van der Waals surface area contributed by atoms with Crippen molar-refractivity contribution in [1.29, 1.82) is 0 Å². The Morgan fingerprint density at radius 1 is 0.880 bits per heavy atom. The second-order valence-electron chi connectivity index (χ2n) is 5.46. The van der Waals surface area contributed by atoms with Crippen LogP contribution in [0, 0.1) is 0 Å². The molecule has 0 spiro atoms. The highest BCUT2D eigenvalue weighted by Crippen LogP contribution is 2.31. The molecule has 0 fully saturated rings. The van der Waals surface area contributed by atoms with E-state index in [0.717, 1.165) is 16.5 Å². The number of urea groups is 1. The van der Waals surface area contributed by atoms with Crippen LogP contribution in [-0.4, -0.2) is 21.0 Å². The van der Waals surface area contributed by atoms with E-state index < -0.39 is 0 Å². The third-order valence-corrected chi connectivity index (χ3v) is 3.82. The van der Waals surface area contributed by atoms with Crippen molar-refractivity contribution in [3.8, 4) is 11.1 Å². The summed E-state index contributed by atoms with van der Waals surface area (Å²) in [4.78, 5) is 23.9. The van der Waals surface area contributed by atoms with Gasteiger partial charge in [0.2, 0.25) is 0 Å². The third-order valence-electron chi connectivity index (χ3n) is 3.82. The van der Waals surface area contributed by atoms with Gasteiger partial charge in [0, 0.05) is 17.4 Å². The Morgan fingerprint density at radius 2 is 1.60 bits per heavy atom. The molecule has 0 atom stereocenters. The standard InChI is InChI=1S/C19H15N5O/c25-19(23-14-9-5-2-6-10-14)24-18-16-15(13-7-3-1-4-8-13)11-20-17(16)21-12-22-18/h1-12H,(H3,20,21,22,23,24,25). The Kier molecular flexibility index (Phi) is 3.84. The number of anilines is 2. The van der Waals surface area contributed by atoms with Crippen LogP contribution in [0.15, 0.2) is 73.2 Å². The molecule has 6 nitrogen and oxygen atoms in total. The normalized spacial score (nSPS) is 10.6. The lowest BCUT2D eigenvalue weighted by atomic mass is 10.1. The first-order valence-electron chi connectivity index (χ1n) is 7.82. The lowest BCUT2D eigenvalue weighted by Gasteiger charge is -2.08. The van der Waals surface area contributed by atoms with E-state index in [1.807, 2.05) is 66.9 Å². The molecule has 0 bridgehead atoms. The molecular weight excluding hydrogens is 314 g/mol. The van der Waals surface area contributed by atoms with Gasteiger partial charge in [-0.3, -0.25) is 5.32 Å². The zero-order valence-corrected chi connectivity index (χ0v) is 13.2. The van der Waals surface area contributed by atoms with E-state index in [9.17, 15) is 4.79 Å². The molecule has 0 saturated heterocycles. The van der Waals surface area contributed by atoms with Crippen LogP contribution < -0.4 is 10.6 Å². The summed E-state index contributed by atoms with van der Waals surface area (Å²) in [6.45, 7) is 0. The Morgan fingerprint density at radius 3 is 2.36 bits per heavy atom. The van der Waals surface area contributed by atoms with Crippen molar-refractivity contribution < 1.29 is 4.79 Å². The molecule has 6 heteroatoms. The molecular formula is C19H15N5O. The largest absolute Gasteiger partial charge is 0.345 e. The maximum atomic E-state index is 12.3. The number of hydrogen-bond donors (Lipinski definition) is 3. The quantitative estimate of drug-likeness (QED) is 0.525. The Labute approximate surface area is 144 Å². The predicted octanol–water partition coefficient (Wildman–Crippen LogP) is 4.27. The van der Waals surface area contributed by atoms with E-state index in [1.165, 1.54) is 6.33 Å². The van der Waals surface area contributed by atoms with Gasteiger partial charge in [-0.05, 0) is 17.7 Å². The van der Waals surface area contributed by atoms with Crippen molar-refractivity contribution in [1.82, 2.24) is 15.0 Å². The van der Waals surface area contributed by atoms with Gasteiger partial charge in [0.25, 0.3) is 0 Å². The van der Waals surface area contributed by atoms with Crippen LogP contribution in [-0.2, 0) is 0 Å². The fraction of sp³-hybridized carbons (Fsp3) is 0. The van der Waals surface area contributed by atoms with Gasteiger partial charge in [0.15, 0.2) is 0 Å². The number of nitrogens with one attached hydrogen (secondary N) is 3. The Balaban J connectivity index is 1.68. The molecule has 0 aliphatic rings. The van der Waals surface area contributed by atoms with E-state index in [0.29, 0.717) is 17.2 Å². The minimum atomic E-state index is -0.355. The zero-order valence-electron chi connectivity index (χ0n) is 13.2. The number of H-pyrrole nitrogens is 1. The molecule has 0 aliphatic heterocycles. The van der Waals surface area contributed by atoms with Crippen LogP contribution in [0.5, 0.6) is 0 Å². The molecule has 0 unspecified atom stereocenters. The summed E-state index contributed by atoms with van der Waals surface area (Å²) < 4.78 is 0. The predicted molar refractivity (Wildman–Crippen MR) is 98.4 cm³/mol. The van der Waals surface area contributed by atoms with Crippen molar-refractivity contribution in [2.24, 2.45) is 0 Å². The lowest BCUT2D eigenvalue weighted by molar-refractivity contribution is 0.262. The molecule has 25 heavy (non-hydrogen) atoms. The molecule has 2 aromatic carbocycles. The number of para-hydroxylation sites is 1. The van der Waals surface area contributed by atoms with Crippen molar-refractivity contribution in [3.63, 3.8) is 0 Å². The van der Waals surface area contributed by atoms with E-state index in [2.05, 4.69) is 25.6 Å².